The number of carbonyl (C=O) groups excluding carboxylic acids is 2. The van der Waals surface area contributed by atoms with Crippen molar-refractivity contribution in [2.75, 3.05) is 20.8 Å². The van der Waals surface area contributed by atoms with Crippen molar-refractivity contribution >= 4 is 11.9 Å². The highest BCUT2D eigenvalue weighted by molar-refractivity contribution is 5.96. The van der Waals surface area contributed by atoms with Crippen molar-refractivity contribution in [3.63, 3.8) is 0 Å². The van der Waals surface area contributed by atoms with E-state index in [1.54, 1.807) is 6.07 Å². The van der Waals surface area contributed by atoms with E-state index < -0.39 is 11.9 Å². The highest BCUT2D eigenvalue weighted by Gasteiger charge is 2.14. The van der Waals surface area contributed by atoms with Crippen LogP contribution in [0.4, 0.5) is 0 Å². The molecule has 0 aliphatic heterocycles. The predicted octanol–water partition coefficient (Wildman–Crippen LogP) is 1.16. The Balaban J connectivity index is 3.16. The Morgan fingerprint density at radius 3 is 2.00 bits per heavy atom. The first kappa shape index (κ1) is 13.5. The molecular weight excluding hydrogens is 238 g/mol. The molecule has 0 N–H and O–H groups in total. The largest absolute Gasteiger partial charge is 0.479 e. The fourth-order valence-electron chi connectivity index (χ4n) is 1.27. The SMILES string of the molecule is COC(=O)c1cc(OCC#N)cc(C(=O)OC)c1. The van der Waals surface area contributed by atoms with Crippen LogP contribution in [0, 0.1) is 11.3 Å². The van der Waals surface area contributed by atoms with Gasteiger partial charge in [-0.15, -0.1) is 0 Å². The summed E-state index contributed by atoms with van der Waals surface area (Å²) in [5.41, 5.74) is 0.293. The first-order valence-corrected chi connectivity index (χ1v) is 4.94. The number of hydrogen-bond acceptors (Lipinski definition) is 6. The number of nitriles is 1. The van der Waals surface area contributed by atoms with Crippen LogP contribution in [0.5, 0.6) is 5.75 Å². The Kier molecular flexibility index (Phi) is 4.69. The number of benzene rings is 1. The first-order chi connectivity index (χ1) is 8.62. The molecule has 1 rings (SSSR count). The highest BCUT2D eigenvalue weighted by atomic mass is 16.5. The highest BCUT2D eigenvalue weighted by Crippen LogP contribution is 2.18. The topological polar surface area (TPSA) is 85.6 Å². The summed E-state index contributed by atoms with van der Waals surface area (Å²) in [6.07, 6.45) is 0. The van der Waals surface area contributed by atoms with Gasteiger partial charge in [-0.05, 0) is 18.2 Å². The molecule has 0 aliphatic carbocycles. The average Bonchev–Trinajstić information content (AvgIpc) is 2.42. The average molecular weight is 249 g/mol. The van der Waals surface area contributed by atoms with Gasteiger partial charge < -0.3 is 14.2 Å². The quantitative estimate of drug-likeness (QED) is 0.744. The Morgan fingerprint density at radius 1 is 1.11 bits per heavy atom. The maximum Gasteiger partial charge on any atom is 0.338 e. The number of nitrogens with zero attached hydrogens (tertiary/aromatic N) is 1. The maximum atomic E-state index is 11.4. The fraction of sp³-hybridized carbons (Fsp3) is 0.250. The monoisotopic (exact) mass is 249 g/mol. The molecule has 6 nitrogen and oxygen atoms in total. The molecule has 0 radical (unpaired) electrons. The molecule has 0 saturated heterocycles. The Morgan fingerprint density at radius 2 is 1.61 bits per heavy atom. The summed E-state index contributed by atoms with van der Waals surface area (Å²) in [6, 6.07) is 5.89. The van der Waals surface area contributed by atoms with Crippen LogP contribution in [-0.2, 0) is 9.47 Å². The van der Waals surface area contributed by atoms with Crippen molar-refractivity contribution < 1.29 is 23.8 Å². The molecule has 1 aromatic carbocycles. The zero-order valence-corrected chi connectivity index (χ0v) is 9.93. The molecule has 0 unspecified atom stereocenters. The summed E-state index contributed by atoms with van der Waals surface area (Å²) in [5.74, 6) is -0.995. The molecule has 1 aromatic rings. The number of ether oxygens (including phenoxy) is 3. The smallest absolute Gasteiger partial charge is 0.338 e. The molecule has 6 heteroatoms. The lowest BCUT2D eigenvalue weighted by molar-refractivity contribution is 0.0598. The van der Waals surface area contributed by atoms with Crippen molar-refractivity contribution in [3.8, 4) is 11.8 Å². The molecule has 0 bridgehead atoms. The van der Waals surface area contributed by atoms with E-state index in [9.17, 15) is 9.59 Å². The summed E-state index contributed by atoms with van der Waals surface area (Å²) < 4.78 is 14.2. The fourth-order valence-corrected chi connectivity index (χ4v) is 1.27. The minimum absolute atomic E-state index is 0.147. The van der Waals surface area contributed by atoms with Crippen molar-refractivity contribution in [2.45, 2.75) is 0 Å². The molecule has 0 atom stereocenters. The van der Waals surface area contributed by atoms with Crippen LogP contribution in [0.3, 0.4) is 0 Å². The maximum absolute atomic E-state index is 11.4. The van der Waals surface area contributed by atoms with Crippen LogP contribution in [-0.4, -0.2) is 32.8 Å². The molecule has 18 heavy (non-hydrogen) atoms. The zero-order chi connectivity index (χ0) is 13.5. The molecule has 0 amide bonds. The van der Waals surface area contributed by atoms with Gasteiger partial charge in [-0.1, -0.05) is 0 Å². The predicted molar refractivity (Wildman–Crippen MR) is 60.2 cm³/mol. The van der Waals surface area contributed by atoms with Gasteiger partial charge in [0.2, 0.25) is 0 Å². The van der Waals surface area contributed by atoms with Crippen LogP contribution in [0.15, 0.2) is 18.2 Å². The van der Waals surface area contributed by atoms with Crippen LogP contribution < -0.4 is 4.74 Å². The molecule has 0 fully saturated rings. The number of rotatable bonds is 4. The van der Waals surface area contributed by atoms with E-state index in [0.29, 0.717) is 0 Å². The number of esters is 2. The van der Waals surface area contributed by atoms with E-state index in [1.807, 2.05) is 0 Å². The van der Waals surface area contributed by atoms with E-state index in [4.69, 9.17) is 10.00 Å². The Bertz CT molecular complexity index is 469. The van der Waals surface area contributed by atoms with E-state index in [1.165, 1.54) is 32.4 Å². The molecule has 0 aromatic heterocycles. The Hall–Kier alpha value is -2.55. The van der Waals surface area contributed by atoms with E-state index in [0.717, 1.165) is 0 Å². The van der Waals surface area contributed by atoms with E-state index in [2.05, 4.69) is 9.47 Å². The summed E-state index contributed by atoms with van der Waals surface area (Å²) in [5, 5.41) is 8.42. The first-order valence-electron chi connectivity index (χ1n) is 4.94. The second-order valence-corrected chi connectivity index (χ2v) is 3.18. The summed E-state index contributed by atoms with van der Waals surface area (Å²) in [7, 11) is 2.45. The Labute approximate surface area is 104 Å². The number of carbonyl (C=O) groups is 2. The molecule has 0 spiro atoms. The lowest BCUT2D eigenvalue weighted by Crippen LogP contribution is -2.07. The second kappa shape index (κ2) is 6.25. The van der Waals surface area contributed by atoms with E-state index >= 15 is 0 Å². The minimum atomic E-state index is -0.609. The van der Waals surface area contributed by atoms with Gasteiger partial charge in [0, 0.05) is 0 Å². The second-order valence-electron chi connectivity index (χ2n) is 3.18. The van der Waals surface area contributed by atoms with Crippen LogP contribution in [0.25, 0.3) is 0 Å². The molecule has 94 valence electrons. The normalized spacial score (nSPS) is 9.17. The lowest BCUT2D eigenvalue weighted by atomic mass is 10.1. The van der Waals surface area contributed by atoms with Gasteiger partial charge in [0.15, 0.2) is 6.61 Å². The van der Waals surface area contributed by atoms with Gasteiger partial charge in [0.05, 0.1) is 25.3 Å². The van der Waals surface area contributed by atoms with Crippen molar-refractivity contribution in [1.82, 2.24) is 0 Å². The van der Waals surface area contributed by atoms with Crippen LogP contribution in [0.2, 0.25) is 0 Å². The lowest BCUT2D eigenvalue weighted by Gasteiger charge is -2.07. The minimum Gasteiger partial charge on any atom is -0.479 e. The third kappa shape index (κ3) is 3.22. The van der Waals surface area contributed by atoms with Crippen molar-refractivity contribution in [1.29, 1.82) is 5.26 Å². The number of hydrogen-bond donors (Lipinski definition) is 0. The third-order valence-corrected chi connectivity index (χ3v) is 2.05. The number of methoxy groups -OCH3 is 2. The molecular formula is C12H11NO5. The van der Waals surface area contributed by atoms with Gasteiger partial charge in [0.1, 0.15) is 11.8 Å². The summed E-state index contributed by atoms with van der Waals surface area (Å²) >= 11 is 0. The van der Waals surface area contributed by atoms with Gasteiger partial charge >= 0.3 is 11.9 Å². The van der Waals surface area contributed by atoms with Crippen LogP contribution in [0.1, 0.15) is 20.7 Å². The van der Waals surface area contributed by atoms with E-state index in [-0.39, 0.29) is 23.5 Å². The molecule has 0 saturated carbocycles. The zero-order valence-electron chi connectivity index (χ0n) is 9.93. The molecule has 0 aliphatic rings. The molecule has 0 heterocycles. The van der Waals surface area contributed by atoms with Crippen LogP contribution >= 0.6 is 0 Å². The third-order valence-electron chi connectivity index (χ3n) is 2.05. The summed E-state index contributed by atoms with van der Waals surface area (Å²) in [6.45, 7) is -0.189. The summed E-state index contributed by atoms with van der Waals surface area (Å²) in [4.78, 5) is 22.8. The van der Waals surface area contributed by atoms with Gasteiger partial charge in [-0.3, -0.25) is 0 Å². The standard InChI is InChI=1S/C12H11NO5/c1-16-11(14)8-5-9(12(15)17-2)7-10(6-8)18-4-3-13/h5-7H,4H2,1-2H3. The van der Waals surface area contributed by atoms with Crippen molar-refractivity contribution in [2.24, 2.45) is 0 Å². The van der Waals surface area contributed by atoms with Gasteiger partial charge in [-0.25, -0.2) is 9.59 Å². The van der Waals surface area contributed by atoms with Gasteiger partial charge in [-0.2, -0.15) is 5.26 Å². The van der Waals surface area contributed by atoms with Crippen molar-refractivity contribution in [3.05, 3.63) is 29.3 Å². The van der Waals surface area contributed by atoms with Gasteiger partial charge in [0.25, 0.3) is 0 Å².